The van der Waals surface area contributed by atoms with Crippen LogP contribution in [0.15, 0.2) is 54.6 Å². The van der Waals surface area contributed by atoms with E-state index >= 15 is 0 Å². The molecular weight excluding hydrogens is 352 g/mol. The minimum atomic E-state index is 0.846. The Labute approximate surface area is 145 Å². The summed E-state index contributed by atoms with van der Waals surface area (Å²) in [5, 5.41) is 5.67. The monoisotopic (exact) mass is 370 g/mol. The lowest BCUT2D eigenvalue weighted by molar-refractivity contribution is 0.414. The van der Waals surface area contributed by atoms with Gasteiger partial charge < -0.3 is 4.74 Å². The van der Waals surface area contributed by atoms with Gasteiger partial charge >= 0.3 is 0 Å². The highest BCUT2D eigenvalue weighted by Crippen LogP contribution is 2.26. The van der Waals surface area contributed by atoms with Crippen LogP contribution in [0, 0.1) is 6.92 Å². The molecule has 0 N–H and O–H groups in total. The molecule has 0 aliphatic rings. The number of aromatic nitrogens is 2. The number of alkyl halides is 1. The molecule has 0 atom stereocenters. The maximum Gasteiger partial charge on any atom is 0.119 e. The summed E-state index contributed by atoms with van der Waals surface area (Å²) in [5.74, 6) is 0.846. The SMILES string of the molecule is COc1ccc(-n2nc(CCBr)cc2-c2ccc(C)cc2)cc1. The Bertz CT molecular complexity index is 776. The Morgan fingerprint density at radius 1 is 1.04 bits per heavy atom. The number of aryl methyl sites for hydroxylation is 2. The summed E-state index contributed by atoms with van der Waals surface area (Å²) in [4.78, 5) is 0. The molecule has 2 aromatic carbocycles. The lowest BCUT2D eigenvalue weighted by atomic mass is 10.1. The largest absolute Gasteiger partial charge is 0.497 e. The number of ether oxygens (including phenoxy) is 1. The maximum atomic E-state index is 5.24. The van der Waals surface area contributed by atoms with Crippen LogP contribution in [-0.2, 0) is 6.42 Å². The van der Waals surface area contributed by atoms with E-state index in [2.05, 4.69) is 53.2 Å². The number of hydrogen-bond acceptors (Lipinski definition) is 2. The van der Waals surface area contributed by atoms with Crippen LogP contribution in [0.3, 0.4) is 0 Å². The Morgan fingerprint density at radius 2 is 1.74 bits per heavy atom. The Hall–Kier alpha value is -2.07. The predicted octanol–water partition coefficient (Wildman–Crippen LogP) is 4.79. The average molecular weight is 371 g/mol. The van der Waals surface area contributed by atoms with Crippen LogP contribution >= 0.6 is 15.9 Å². The second kappa shape index (κ2) is 7.01. The highest BCUT2D eigenvalue weighted by Gasteiger charge is 2.11. The zero-order valence-corrected chi connectivity index (χ0v) is 14.9. The molecule has 0 radical (unpaired) electrons. The van der Waals surface area contributed by atoms with Crippen LogP contribution in [0.5, 0.6) is 5.75 Å². The standard InChI is InChI=1S/C19H19BrN2O/c1-14-3-5-15(6-4-14)19-13-16(11-12-20)21-22(19)17-7-9-18(23-2)10-8-17/h3-10,13H,11-12H2,1-2H3. The fraction of sp³-hybridized carbons (Fsp3) is 0.211. The zero-order chi connectivity index (χ0) is 16.2. The van der Waals surface area contributed by atoms with Crippen molar-refractivity contribution in [3.63, 3.8) is 0 Å². The Balaban J connectivity index is 2.08. The maximum absolute atomic E-state index is 5.24. The van der Waals surface area contributed by atoms with E-state index in [4.69, 9.17) is 9.84 Å². The molecule has 118 valence electrons. The van der Waals surface area contributed by atoms with E-state index in [-0.39, 0.29) is 0 Å². The number of halogens is 1. The van der Waals surface area contributed by atoms with Gasteiger partial charge in [-0.1, -0.05) is 45.8 Å². The lowest BCUT2D eigenvalue weighted by Crippen LogP contribution is -2.00. The van der Waals surface area contributed by atoms with Gasteiger partial charge in [0.1, 0.15) is 5.75 Å². The average Bonchev–Trinajstić information content (AvgIpc) is 3.00. The second-order valence-corrected chi connectivity index (χ2v) is 6.23. The van der Waals surface area contributed by atoms with Crippen LogP contribution in [0.1, 0.15) is 11.3 Å². The van der Waals surface area contributed by atoms with E-state index in [1.807, 2.05) is 28.9 Å². The van der Waals surface area contributed by atoms with Gasteiger partial charge in [-0.2, -0.15) is 5.10 Å². The van der Waals surface area contributed by atoms with Gasteiger partial charge in [-0.15, -0.1) is 0 Å². The molecule has 0 unspecified atom stereocenters. The summed E-state index contributed by atoms with van der Waals surface area (Å²) >= 11 is 3.50. The Kier molecular flexibility index (Phi) is 4.82. The summed E-state index contributed by atoms with van der Waals surface area (Å²) in [6, 6.07) is 18.7. The third-order valence-electron chi connectivity index (χ3n) is 3.77. The number of hydrogen-bond donors (Lipinski definition) is 0. The van der Waals surface area contributed by atoms with Gasteiger partial charge in [-0.05, 0) is 37.3 Å². The van der Waals surface area contributed by atoms with Gasteiger partial charge in [0.2, 0.25) is 0 Å². The normalized spacial score (nSPS) is 10.7. The fourth-order valence-electron chi connectivity index (χ4n) is 2.50. The first kappa shape index (κ1) is 15.8. The molecule has 0 aliphatic heterocycles. The third-order valence-corrected chi connectivity index (χ3v) is 4.17. The first-order valence-corrected chi connectivity index (χ1v) is 8.70. The van der Waals surface area contributed by atoms with Crippen LogP contribution in [0.4, 0.5) is 0 Å². The van der Waals surface area contributed by atoms with Crippen molar-refractivity contribution in [1.82, 2.24) is 9.78 Å². The second-order valence-electron chi connectivity index (χ2n) is 5.44. The van der Waals surface area contributed by atoms with Gasteiger partial charge in [0.15, 0.2) is 0 Å². The number of nitrogens with zero attached hydrogens (tertiary/aromatic N) is 2. The summed E-state index contributed by atoms with van der Waals surface area (Å²) in [5.41, 5.74) is 5.63. The first-order chi connectivity index (χ1) is 11.2. The van der Waals surface area contributed by atoms with Gasteiger partial charge in [0, 0.05) is 17.3 Å². The van der Waals surface area contributed by atoms with Gasteiger partial charge in [0.25, 0.3) is 0 Å². The first-order valence-electron chi connectivity index (χ1n) is 7.57. The molecule has 1 aromatic heterocycles. The van der Waals surface area contributed by atoms with Gasteiger partial charge in [-0.3, -0.25) is 0 Å². The molecule has 3 nitrogen and oxygen atoms in total. The quantitative estimate of drug-likeness (QED) is 0.603. The summed E-state index contributed by atoms with van der Waals surface area (Å²) in [6.45, 7) is 2.10. The predicted molar refractivity (Wildman–Crippen MR) is 97.8 cm³/mol. The molecule has 3 rings (SSSR count). The van der Waals surface area contributed by atoms with Crippen molar-refractivity contribution >= 4 is 15.9 Å². The van der Waals surface area contributed by atoms with Gasteiger partial charge in [0.05, 0.1) is 24.2 Å². The minimum absolute atomic E-state index is 0.846. The molecule has 0 spiro atoms. The van der Waals surface area contributed by atoms with Crippen molar-refractivity contribution in [2.45, 2.75) is 13.3 Å². The molecule has 0 amide bonds. The molecule has 0 saturated heterocycles. The van der Waals surface area contributed by atoms with Crippen LogP contribution in [0.25, 0.3) is 16.9 Å². The molecule has 0 aliphatic carbocycles. The molecule has 0 saturated carbocycles. The molecule has 3 aromatic rings. The molecule has 0 bridgehead atoms. The van der Waals surface area contributed by atoms with Crippen LogP contribution < -0.4 is 4.74 Å². The van der Waals surface area contributed by atoms with Crippen molar-refractivity contribution in [2.24, 2.45) is 0 Å². The summed E-state index contributed by atoms with van der Waals surface area (Å²) in [7, 11) is 1.68. The zero-order valence-electron chi connectivity index (χ0n) is 13.3. The van der Waals surface area contributed by atoms with Crippen LogP contribution in [0.2, 0.25) is 0 Å². The van der Waals surface area contributed by atoms with E-state index in [0.717, 1.165) is 34.6 Å². The smallest absolute Gasteiger partial charge is 0.119 e. The van der Waals surface area contributed by atoms with E-state index in [1.54, 1.807) is 7.11 Å². The van der Waals surface area contributed by atoms with Crippen molar-refractivity contribution in [3.8, 4) is 22.7 Å². The van der Waals surface area contributed by atoms with Crippen LogP contribution in [-0.4, -0.2) is 22.2 Å². The van der Waals surface area contributed by atoms with E-state index in [9.17, 15) is 0 Å². The summed E-state index contributed by atoms with van der Waals surface area (Å²) in [6.07, 6.45) is 0.905. The Morgan fingerprint density at radius 3 is 2.35 bits per heavy atom. The number of rotatable bonds is 5. The number of benzene rings is 2. The lowest BCUT2D eigenvalue weighted by Gasteiger charge is -2.09. The van der Waals surface area contributed by atoms with Crippen molar-refractivity contribution < 1.29 is 4.74 Å². The molecule has 0 fully saturated rings. The molecule has 1 heterocycles. The number of methoxy groups -OCH3 is 1. The van der Waals surface area contributed by atoms with E-state index in [0.29, 0.717) is 0 Å². The van der Waals surface area contributed by atoms with E-state index in [1.165, 1.54) is 11.1 Å². The fourth-order valence-corrected chi connectivity index (χ4v) is 2.91. The highest BCUT2D eigenvalue weighted by atomic mass is 79.9. The van der Waals surface area contributed by atoms with Crippen molar-refractivity contribution in [1.29, 1.82) is 0 Å². The van der Waals surface area contributed by atoms with Gasteiger partial charge in [-0.25, -0.2) is 4.68 Å². The summed E-state index contributed by atoms with van der Waals surface area (Å²) < 4.78 is 7.24. The molecular formula is C19H19BrN2O. The third kappa shape index (κ3) is 3.48. The minimum Gasteiger partial charge on any atom is -0.497 e. The topological polar surface area (TPSA) is 27.1 Å². The molecule has 4 heteroatoms. The van der Waals surface area contributed by atoms with E-state index < -0.39 is 0 Å². The highest BCUT2D eigenvalue weighted by molar-refractivity contribution is 9.09. The van der Waals surface area contributed by atoms with Crippen molar-refractivity contribution in [3.05, 3.63) is 65.9 Å². The molecule has 23 heavy (non-hydrogen) atoms. The van der Waals surface area contributed by atoms with Crippen molar-refractivity contribution in [2.75, 3.05) is 12.4 Å².